The third-order valence-corrected chi connectivity index (χ3v) is 1.05. The Hall–Kier alpha value is -0.960. The SMILES string of the molecule is CCOCc1ncccn1. The van der Waals surface area contributed by atoms with Crippen molar-refractivity contribution in [3.8, 4) is 0 Å². The number of hydrogen-bond donors (Lipinski definition) is 0. The highest BCUT2D eigenvalue weighted by Crippen LogP contribution is 1.89. The van der Waals surface area contributed by atoms with Gasteiger partial charge in [-0.2, -0.15) is 0 Å². The van der Waals surface area contributed by atoms with Crippen molar-refractivity contribution in [3.05, 3.63) is 24.3 Å². The summed E-state index contributed by atoms with van der Waals surface area (Å²) in [5.41, 5.74) is 0. The second-order valence-electron chi connectivity index (χ2n) is 1.80. The van der Waals surface area contributed by atoms with Crippen LogP contribution in [-0.2, 0) is 11.3 Å². The first-order valence-corrected chi connectivity index (χ1v) is 3.27. The topological polar surface area (TPSA) is 35.0 Å². The van der Waals surface area contributed by atoms with Crippen molar-refractivity contribution in [1.29, 1.82) is 0 Å². The van der Waals surface area contributed by atoms with Gasteiger partial charge in [-0.3, -0.25) is 0 Å². The number of hydrogen-bond acceptors (Lipinski definition) is 3. The molecule has 3 heteroatoms. The van der Waals surface area contributed by atoms with Gasteiger partial charge in [-0.05, 0) is 13.0 Å². The summed E-state index contributed by atoms with van der Waals surface area (Å²) in [6.07, 6.45) is 3.42. The molecule has 0 atom stereocenters. The molecular weight excluding hydrogens is 128 g/mol. The molecule has 1 heterocycles. The van der Waals surface area contributed by atoms with Crippen LogP contribution in [0.5, 0.6) is 0 Å². The largest absolute Gasteiger partial charge is 0.374 e. The number of rotatable bonds is 3. The average molecular weight is 138 g/mol. The van der Waals surface area contributed by atoms with Gasteiger partial charge < -0.3 is 4.74 Å². The molecule has 0 unspecified atom stereocenters. The van der Waals surface area contributed by atoms with Crippen molar-refractivity contribution in [3.63, 3.8) is 0 Å². The van der Waals surface area contributed by atoms with Gasteiger partial charge in [-0.15, -0.1) is 0 Å². The maximum Gasteiger partial charge on any atom is 0.153 e. The van der Waals surface area contributed by atoms with Crippen LogP contribution in [0.3, 0.4) is 0 Å². The zero-order valence-electron chi connectivity index (χ0n) is 5.95. The van der Waals surface area contributed by atoms with E-state index in [1.807, 2.05) is 6.92 Å². The van der Waals surface area contributed by atoms with Crippen LogP contribution in [-0.4, -0.2) is 16.6 Å². The molecule has 10 heavy (non-hydrogen) atoms. The number of ether oxygens (including phenoxy) is 1. The Balaban J connectivity index is 2.43. The Labute approximate surface area is 60.1 Å². The van der Waals surface area contributed by atoms with E-state index in [4.69, 9.17) is 4.74 Å². The Bertz CT molecular complexity index is 176. The van der Waals surface area contributed by atoms with Crippen LogP contribution >= 0.6 is 0 Å². The fraction of sp³-hybridized carbons (Fsp3) is 0.429. The molecule has 54 valence electrons. The van der Waals surface area contributed by atoms with Gasteiger partial charge in [0, 0.05) is 19.0 Å². The summed E-state index contributed by atoms with van der Waals surface area (Å²) in [5.74, 6) is 0.740. The maximum absolute atomic E-state index is 5.09. The Morgan fingerprint density at radius 1 is 1.40 bits per heavy atom. The quantitative estimate of drug-likeness (QED) is 0.625. The van der Waals surface area contributed by atoms with Gasteiger partial charge in [0.1, 0.15) is 6.61 Å². The summed E-state index contributed by atoms with van der Waals surface area (Å²) in [5, 5.41) is 0. The summed E-state index contributed by atoms with van der Waals surface area (Å²) in [4.78, 5) is 7.96. The van der Waals surface area contributed by atoms with E-state index < -0.39 is 0 Å². The molecule has 1 rings (SSSR count). The lowest BCUT2D eigenvalue weighted by molar-refractivity contribution is 0.128. The molecule has 3 nitrogen and oxygen atoms in total. The lowest BCUT2D eigenvalue weighted by Gasteiger charge is -1.96. The number of aromatic nitrogens is 2. The molecule has 0 saturated heterocycles. The molecule has 0 aliphatic heterocycles. The van der Waals surface area contributed by atoms with Crippen LogP contribution in [0.25, 0.3) is 0 Å². The van der Waals surface area contributed by atoms with Gasteiger partial charge >= 0.3 is 0 Å². The van der Waals surface area contributed by atoms with Crippen molar-refractivity contribution < 1.29 is 4.74 Å². The van der Waals surface area contributed by atoms with Gasteiger partial charge in [0.15, 0.2) is 5.82 Å². The van der Waals surface area contributed by atoms with E-state index in [-0.39, 0.29) is 0 Å². The molecule has 0 saturated carbocycles. The first-order chi connectivity index (χ1) is 4.93. The highest BCUT2D eigenvalue weighted by atomic mass is 16.5. The van der Waals surface area contributed by atoms with Crippen LogP contribution < -0.4 is 0 Å². The summed E-state index contributed by atoms with van der Waals surface area (Å²) in [6, 6.07) is 1.79. The van der Waals surface area contributed by atoms with Crippen molar-refractivity contribution in [2.45, 2.75) is 13.5 Å². The molecule has 0 aromatic carbocycles. The Morgan fingerprint density at radius 3 is 2.70 bits per heavy atom. The minimum Gasteiger partial charge on any atom is -0.374 e. The number of nitrogens with zero attached hydrogens (tertiary/aromatic N) is 2. The van der Waals surface area contributed by atoms with Crippen molar-refractivity contribution >= 4 is 0 Å². The fourth-order valence-electron chi connectivity index (χ4n) is 0.598. The van der Waals surface area contributed by atoms with E-state index in [1.54, 1.807) is 18.5 Å². The lowest BCUT2D eigenvalue weighted by atomic mass is 10.6. The molecular formula is C7H10N2O. The van der Waals surface area contributed by atoms with Gasteiger partial charge in [-0.1, -0.05) is 0 Å². The predicted octanol–water partition coefficient (Wildman–Crippen LogP) is 1.01. The van der Waals surface area contributed by atoms with E-state index in [0.29, 0.717) is 13.2 Å². The smallest absolute Gasteiger partial charge is 0.153 e. The Morgan fingerprint density at radius 2 is 2.10 bits per heavy atom. The zero-order chi connectivity index (χ0) is 7.23. The molecule has 0 amide bonds. The molecule has 0 bridgehead atoms. The van der Waals surface area contributed by atoms with Crippen molar-refractivity contribution in [1.82, 2.24) is 9.97 Å². The molecule has 0 radical (unpaired) electrons. The monoisotopic (exact) mass is 138 g/mol. The standard InChI is InChI=1S/C7H10N2O/c1-2-10-6-7-8-4-3-5-9-7/h3-5H,2,6H2,1H3. The van der Waals surface area contributed by atoms with Gasteiger partial charge in [0.25, 0.3) is 0 Å². The van der Waals surface area contributed by atoms with Crippen molar-refractivity contribution in [2.24, 2.45) is 0 Å². The van der Waals surface area contributed by atoms with Crippen LogP contribution in [0.15, 0.2) is 18.5 Å². The van der Waals surface area contributed by atoms with Crippen LogP contribution in [0.1, 0.15) is 12.7 Å². The molecule has 1 aromatic rings. The maximum atomic E-state index is 5.09. The first kappa shape index (κ1) is 7.15. The minimum absolute atomic E-state index is 0.511. The second-order valence-corrected chi connectivity index (χ2v) is 1.80. The summed E-state index contributed by atoms with van der Waals surface area (Å²) in [7, 11) is 0. The molecule has 0 spiro atoms. The van der Waals surface area contributed by atoms with Crippen LogP contribution in [0.2, 0.25) is 0 Å². The van der Waals surface area contributed by atoms with Crippen LogP contribution in [0.4, 0.5) is 0 Å². The van der Waals surface area contributed by atoms with Gasteiger partial charge in [0.2, 0.25) is 0 Å². The summed E-state index contributed by atoms with van der Waals surface area (Å²) < 4.78 is 5.09. The summed E-state index contributed by atoms with van der Waals surface area (Å²) in [6.45, 7) is 3.17. The van der Waals surface area contributed by atoms with Crippen molar-refractivity contribution in [2.75, 3.05) is 6.61 Å². The highest BCUT2D eigenvalue weighted by Gasteiger charge is 1.90. The second kappa shape index (κ2) is 3.95. The van der Waals surface area contributed by atoms with Gasteiger partial charge in [-0.25, -0.2) is 9.97 Å². The normalized spacial score (nSPS) is 9.70. The predicted molar refractivity (Wildman–Crippen MR) is 37.4 cm³/mol. The zero-order valence-corrected chi connectivity index (χ0v) is 5.95. The van der Waals surface area contributed by atoms with E-state index in [2.05, 4.69) is 9.97 Å². The fourth-order valence-corrected chi connectivity index (χ4v) is 0.598. The van der Waals surface area contributed by atoms with E-state index in [1.165, 1.54) is 0 Å². The molecule has 0 aliphatic rings. The third-order valence-electron chi connectivity index (χ3n) is 1.05. The minimum atomic E-state index is 0.511. The van der Waals surface area contributed by atoms with E-state index >= 15 is 0 Å². The first-order valence-electron chi connectivity index (χ1n) is 3.27. The molecule has 0 aliphatic carbocycles. The molecule has 0 N–H and O–H groups in total. The van der Waals surface area contributed by atoms with E-state index in [9.17, 15) is 0 Å². The highest BCUT2D eigenvalue weighted by molar-refractivity contribution is 4.86. The lowest BCUT2D eigenvalue weighted by Crippen LogP contribution is -1.96. The van der Waals surface area contributed by atoms with Gasteiger partial charge in [0.05, 0.1) is 0 Å². The molecule has 0 fully saturated rings. The summed E-state index contributed by atoms with van der Waals surface area (Å²) >= 11 is 0. The van der Waals surface area contributed by atoms with E-state index in [0.717, 1.165) is 5.82 Å². The molecule has 1 aromatic heterocycles. The third kappa shape index (κ3) is 2.11. The van der Waals surface area contributed by atoms with Crippen LogP contribution in [0, 0.1) is 0 Å². The Kier molecular flexibility index (Phi) is 2.83. The average Bonchev–Trinajstić information content (AvgIpc) is 2.03.